The van der Waals surface area contributed by atoms with Crippen LogP contribution in [0.3, 0.4) is 0 Å². The van der Waals surface area contributed by atoms with Gasteiger partial charge in [0.25, 0.3) is 5.91 Å². The number of halogens is 2. The highest BCUT2D eigenvalue weighted by molar-refractivity contribution is 6.33. The van der Waals surface area contributed by atoms with E-state index in [1.165, 1.54) is 12.1 Å². The molecule has 30 heavy (non-hydrogen) atoms. The van der Waals surface area contributed by atoms with E-state index in [0.29, 0.717) is 36.8 Å². The number of carbonyl (C=O) groups excluding carboxylic acids is 1. The van der Waals surface area contributed by atoms with Crippen molar-refractivity contribution in [3.8, 4) is 0 Å². The molecule has 0 aliphatic carbocycles. The lowest BCUT2D eigenvalue weighted by Crippen LogP contribution is -2.49. The van der Waals surface area contributed by atoms with E-state index in [-0.39, 0.29) is 11.7 Å². The zero-order chi connectivity index (χ0) is 20.9. The molecular weight excluding hydrogens is 399 g/mol. The van der Waals surface area contributed by atoms with Crippen LogP contribution in [0, 0.1) is 5.82 Å². The summed E-state index contributed by atoms with van der Waals surface area (Å²) < 4.78 is 13.2. The highest BCUT2D eigenvalue weighted by atomic mass is 35.5. The average molecular weight is 421 g/mol. The van der Waals surface area contributed by atoms with Crippen molar-refractivity contribution < 1.29 is 9.18 Å². The number of benzene rings is 3. The largest absolute Gasteiger partial charge is 0.368 e. The van der Waals surface area contributed by atoms with Gasteiger partial charge >= 0.3 is 0 Å². The van der Waals surface area contributed by atoms with Gasteiger partial charge in [-0.1, -0.05) is 60.1 Å². The SMILES string of the molecule is O=C(/C(=C/c1ccccc1Cl)c1ccccc1)N1CCN(c2ccc(F)cc2)CC1. The zero-order valence-electron chi connectivity index (χ0n) is 16.5. The maximum atomic E-state index is 13.4. The van der Waals surface area contributed by atoms with Crippen LogP contribution in [0.5, 0.6) is 0 Å². The van der Waals surface area contributed by atoms with Crippen LogP contribution in [0.2, 0.25) is 5.02 Å². The Morgan fingerprint density at radius 1 is 0.833 bits per heavy atom. The minimum absolute atomic E-state index is 0.0140. The molecule has 1 saturated heterocycles. The third-order valence-corrected chi connectivity index (χ3v) is 5.62. The smallest absolute Gasteiger partial charge is 0.254 e. The number of hydrogen-bond donors (Lipinski definition) is 0. The maximum Gasteiger partial charge on any atom is 0.254 e. The van der Waals surface area contributed by atoms with E-state index >= 15 is 0 Å². The second-order valence-corrected chi connectivity index (χ2v) is 7.61. The molecule has 1 aliphatic heterocycles. The standard InChI is InChI=1S/C25H22ClFN2O/c26-24-9-5-4-8-20(24)18-23(19-6-2-1-3-7-19)25(30)29-16-14-28(15-17-29)22-12-10-21(27)11-13-22/h1-13,18H,14-17H2/b23-18+. The van der Waals surface area contributed by atoms with Crippen molar-refractivity contribution in [2.24, 2.45) is 0 Å². The summed E-state index contributed by atoms with van der Waals surface area (Å²) in [5.74, 6) is -0.260. The molecule has 1 heterocycles. The normalized spacial score (nSPS) is 14.7. The van der Waals surface area contributed by atoms with Gasteiger partial charge in [-0.25, -0.2) is 4.39 Å². The summed E-state index contributed by atoms with van der Waals surface area (Å²) in [5, 5.41) is 0.611. The molecular formula is C25H22ClFN2O. The second-order valence-electron chi connectivity index (χ2n) is 7.20. The van der Waals surface area contributed by atoms with Crippen molar-refractivity contribution in [2.75, 3.05) is 31.1 Å². The molecule has 0 saturated carbocycles. The van der Waals surface area contributed by atoms with Gasteiger partial charge in [0.05, 0.1) is 0 Å². The number of anilines is 1. The first kappa shape index (κ1) is 20.2. The molecule has 0 N–H and O–H groups in total. The number of hydrogen-bond acceptors (Lipinski definition) is 2. The van der Waals surface area contributed by atoms with Crippen molar-refractivity contribution in [2.45, 2.75) is 0 Å². The van der Waals surface area contributed by atoms with Crippen LogP contribution in [0.4, 0.5) is 10.1 Å². The van der Waals surface area contributed by atoms with Crippen LogP contribution in [0.1, 0.15) is 11.1 Å². The molecule has 1 amide bonds. The Bertz CT molecular complexity index is 1040. The van der Waals surface area contributed by atoms with Crippen LogP contribution < -0.4 is 4.90 Å². The van der Waals surface area contributed by atoms with Crippen molar-refractivity contribution >= 4 is 34.8 Å². The van der Waals surface area contributed by atoms with Gasteiger partial charge in [-0.3, -0.25) is 4.79 Å². The molecule has 1 fully saturated rings. The van der Waals surface area contributed by atoms with Gasteiger partial charge in [0.2, 0.25) is 0 Å². The monoisotopic (exact) mass is 420 g/mol. The van der Waals surface area contributed by atoms with Gasteiger partial charge < -0.3 is 9.80 Å². The predicted octanol–water partition coefficient (Wildman–Crippen LogP) is 5.37. The Hall–Kier alpha value is -3.11. The Kier molecular flexibility index (Phi) is 6.15. The number of amides is 1. The first-order chi connectivity index (χ1) is 14.6. The maximum absolute atomic E-state index is 13.4. The van der Waals surface area contributed by atoms with Gasteiger partial charge in [-0.05, 0) is 47.5 Å². The highest BCUT2D eigenvalue weighted by Crippen LogP contribution is 2.26. The molecule has 0 unspecified atom stereocenters. The van der Waals surface area contributed by atoms with Crippen molar-refractivity contribution in [3.05, 3.63) is 101 Å². The van der Waals surface area contributed by atoms with Gasteiger partial charge in [-0.15, -0.1) is 0 Å². The van der Waals surface area contributed by atoms with E-state index in [0.717, 1.165) is 16.8 Å². The zero-order valence-corrected chi connectivity index (χ0v) is 17.2. The van der Waals surface area contributed by atoms with Crippen molar-refractivity contribution in [3.63, 3.8) is 0 Å². The summed E-state index contributed by atoms with van der Waals surface area (Å²) in [6.07, 6.45) is 1.87. The van der Waals surface area contributed by atoms with Gasteiger partial charge in [0, 0.05) is 42.5 Å². The molecule has 3 aromatic rings. The molecule has 152 valence electrons. The fraction of sp³-hybridized carbons (Fsp3) is 0.160. The Balaban J connectivity index is 1.56. The molecule has 0 aromatic heterocycles. The van der Waals surface area contributed by atoms with Crippen molar-refractivity contribution in [1.82, 2.24) is 4.90 Å². The molecule has 0 bridgehead atoms. The van der Waals surface area contributed by atoms with Gasteiger partial charge in [0.1, 0.15) is 5.82 Å². The van der Waals surface area contributed by atoms with E-state index in [9.17, 15) is 9.18 Å². The summed E-state index contributed by atoms with van der Waals surface area (Å²) in [4.78, 5) is 17.5. The minimum atomic E-state index is -0.246. The lowest BCUT2D eigenvalue weighted by molar-refractivity contribution is -0.125. The molecule has 5 heteroatoms. The fourth-order valence-corrected chi connectivity index (χ4v) is 3.81. The Labute approximate surface area is 181 Å². The van der Waals surface area contributed by atoms with E-state index in [4.69, 9.17) is 11.6 Å². The fourth-order valence-electron chi connectivity index (χ4n) is 3.62. The summed E-state index contributed by atoms with van der Waals surface area (Å²) in [5.41, 5.74) is 3.28. The van der Waals surface area contributed by atoms with Gasteiger partial charge in [-0.2, -0.15) is 0 Å². The Morgan fingerprint density at radius 3 is 2.13 bits per heavy atom. The molecule has 3 nitrogen and oxygen atoms in total. The van der Waals surface area contributed by atoms with Crippen LogP contribution in [-0.4, -0.2) is 37.0 Å². The quantitative estimate of drug-likeness (QED) is 0.418. The topological polar surface area (TPSA) is 23.6 Å². The lowest BCUT2D eigenvalue weighted by atomic mass is 10.0. The number of carbonyl (C=O) groups is 1. The van der Waals surface area contributed by atoms with Crippen LogP contribution in [0.15, 0.2) is 78.9 Å². The number of piperazine rings is 1. The molecule has 4 rings (SSSR count). The van der Waals surface area contributed by atoms with Crippen LogP contribution >= 0.6 is 11.6 Å². The summed E-state index contributed by atoms with van der Waals surface area (Å²) in [6.45, 7) is 2.60. The van der Waals surface area contributed by atoms with E-state index < -0.39 is 0 Å². The highest BCUT2D eigenvalue weighted by Gasteiger charge is 2.24. The first-order valence-corrected chi connectivity index (χ1v) is 10.3. The average Bonchev–Trinajstić information content (AvgIpc) is 2.79. The van der Waals surface area contributed by atoms with Gasteiger partial charge in [0.15, 0.2) is 0 Å². The van der Waals surface area contributed by atoms with E-state index in [1.54, 1.807) is 12.1 Å². The molecule has 0 atom stereocenters. The summed E-state index contributed by atoms with van der Waals surface area (Å²) in [6, 6.07) is 23.7. The Morgan fingerprint density at radius 2 is 1.47 bits per heavy atom. The third-order valence-electron chi connectivity index (χ3n) is 5.28. The molecule has 0 spiro atoms. The molecule has 1 aliphatic rings. The number of rotatable bonds is 4. The predicted molar refractivity (Wildman–Crippen MR) is 121 cm³/mol. The minimum Gasteiger partial charge on any atom is -0.368 e. The summed E-state index contributed by atoms with van der Waals surface area (Å²) in [7, 11) is 0. The lowest BCUT2D eigenvalue weighted by Gasteiger charge is -2.36. The summed E-state index contributed by atoms with van der Waals surface area (Å²) >= 11 is 6.34. The number of nitrogens with zero attached hydrogens (tertiary/aromatic N) is 2. The van der Waals surface area contributed by atoms with E-state index in [1.807, 2.05) is 65.6 Å². The second kappa shape index (κ2) is 9.14. The third kappa shape index (κ3) is 4.55. The first-order valence-electron chi connectivity index (χ1n) is 9.93. The molecule has 0 radical (unpaired) electrons. The van der Waals surface area contributed by atoms with Crippen LogP contribution in [-0.2, 0) is 4.79 Å². The van der Waals surface area contributed by atoms with Crippen molar-refractivity contribution in [1.29, 1.82) is 0 Å². The van der Waals surface area contributed by atoms with E-state index in [2.05, 4.69) is 4.90 Å². The molecule has 3 aromatic carbocycles. The van der Waals surface area contributed by atoms with Crippen LogP contribution in [0.25, 0.3) is 11.6 Å².